The lowest BCUT2D eigenvalue weighted by Crippen LogP contribution is -2.52. The molecule has 32 heavy (non-hydrogen) atoms. The van der Waals surface area contributed by atoms with Crippen LogP contribution in [0.1, 0.15) is 56.6 Å². The van der Waals surface area contributed by atoms with Gasteiger partial charge in [-0.2, -0.15) is 0 Å². The number of nitrogens with one attached hydrogen (secondary N) is 2. The molecule has 1 saturated carbocycles. The van der Waals surface area contributed by atoms with Gasteiger partial charge in [0.05, 0.1) is 30.1 Å². The van der Waals surface area contributed by atoms with E-state index in [0.29, 0.717) is 25.3 Å². The van der Waals surface area contributed by atoms with E-state index in [2.05, 4.69) is 20.9 Å². The largest absolute Gasteiger partial charge is 0.394 e. The van der Waals surface area contributed by atoms with Crippen molar-refractivity contribution < 1.29 is 23.4 Å². The van der Waals surface area contributed by atoms with E-state index in [1.165, 1.54) is 25.7 Å². The number of carbonyl (C=O) groups excluding carboxylic acids is 1. The average molecular weight is 450 g/mol. The van der Waals surface area contributed by atoms with Crippen molar-refractivity contribution in [3.05, 3.63) is 41.7 Å². The van der Waals surface area contributed by atoms with Crippen molar-refractivity contribution in [3.8, 4) is 0 Å². The molecule has 0 unspecified atom stereocenters. The van der Waals surface area contributed by atoms with Gasteiger partial charge in [-0.15, -0.1) is 5.10 Å². The van der Waals surface area contributed by atoms with Gasteiger partial charge in [0.15, 0.2) is 0 Å². The van der Waals surface area contributed by atoms with Crippen LogP contribution < -0.4 is 10.6 Å². The second kappa shape index (κ2) is 10.4. The third-order valence-corrected chi connectivity index (χ3v) is 6.30. The maximum atomic E-state index is 13.7. The van der Waals surface area contributed by atoms with Gasteiger partial charge in [0, 0.05) is 24.7 Å². The van der Waals surface area contributed by atoms with Crippen molar-refractivity contribution >= 4 is 11.7 Å². The number of aliphatic hydroxyl groups is 1. The molecule has 2 amide bonds. The Kier molecular flexibility index (Phi) is 7.31. The molecule has 8 nitrogen and oxygen atoms in total. The molecule has 1 aliphatic carbocycles. The van der Waals surface area contributed by atoms with Crippen LogP contribution in [0.4, 0.5) is 19.3 Å². The number of carbonyl (C=O) groups is 1. The van der Waals surface area contributed by atoms with Crippen molar-refractivity contribution in [2.45, 2.75) is 75.7 Å². The van der Waals surface area contributed by atoms with Crippen LogP contribution in [0, 0.1) is 11.6 Å². The van der Waals surface area contributed by atoms with Crippen LogP contribution >= 0.6 is 0 Å². The number of amides is 2. The van der Waals surface area contributed by atoms with E-state index < -0.39 is 29.8 Å². The van der Waals surface area contributed by atoms with E-state index in [-0.39, 0.29) is 18.4 Å². The number of urea groups is 1. The summed E-state index contributed by atoms with van der Waals surface area (Å²) >= 11 is 0. The molecule has 2 aliphatic rings. The second-order valence-electron chi connectivity index (χ2n) is 8.56. The van der Waals surface area contributed by atoms with Gasteiger partial charge in [0.2, 0.25) is 0 Å². The van der Waals surface area contributed by atoms with Gasteiger partial charge >= 0.3 is 6.03 Å². The third-order valence-electron chi connectivity index (χ3n) is 6.30. The van der Waals surface area contributed by atoms with E-state index in [9.17, 15) is 18.7 Å². The topological polar surface area (TPSA) is 101 Å². The normalized spacial score (nSPS) is 23.9. The molecule has 1 saturated heterocycles. The van der Waals surface area contributed by atoms with Gasteiger partial charge in [-0.05, 0) is 44.2 Å². The van der Waals surface area contributed by atoms with Gasteiger partial charge in [-0.3, -0.25) is 4.68 Å². The van der Waals surface area contributed by atoms with Crippen molar-refractivity contribution in [1.82, 2.24) is 20.3 Å². The van der Waals surface area contributed by atoms with Crippen LogP contribution in [0.15, 0.2) is 24.4 Å². The summed E-state index contributed by atoms with van der Waals surface area (Å²) in [4.78, 5) is 12.2. The lowest BCUT2D eigenvalue weighted by Gasteiger charge is -2.36. The minimum Gasteiger partial charge on any atom is -0.394 e. The van der Waals surface area contributed by atoms with E-state index in [4.69, 9.17) is 4.74 Å². The molecule has 0 bridgehead atoms. The monoisotopic (exact) mass is 449 g/mol. The molecule has 10 heteroatoms. The summed E-state index contributed by atoms with van der Waals surface area (Å²) < 4.78 is 34.8. The maximum absolute atomic E-state index is 13.7. The van der Waals surface area contributed by atoms with Crippen LogP contribution in [-0.4, -0.2) is 51.0 Å². The molecule has 3 N–H and O–H groups in total. The Labute approximate surface area is 185 Å². The predicted octanol–water partition coefficient (Wildman–Crippen LogP) is 3.33. The number of aromatic nitrogens is 3. The van der Waals surface area contributed by atoms with Crippen LogP contribution in [0.5, 0.6) is 0 Å². The summed E-state index contributed by atoms with van der Waals surface area (Å²) in [5.74, 6) is -0.863. The fourth-order valence-electron chi connectivity index (χ4n) is 4.54. The highest BCUT2D eigenvalue weighted by molar-refractivity contribution is 5.89. The van der Waals surface area contributed by atoms with E-state index in [1.807, 2.05) is 10.9 Å². The Hall–Kier alpha value is -2.59. The van der Waals surface area contributed by atoms with Crippen LogP contribution in [0.3, 0.4) is 0 Å². The van der Waals surface area contributed by atoms with Crippen LogP contribution in [0.2, 0.25) is 0 Å². The van der Waals surface area contributed by atoms with Crippen LogP contribution in [0.25, 0.3) is 0 Å². The van der Waals surface area contributed by atoms with E-state index >= 15 is 0 Å². The number of benzene rings is 1. The highest BCUT2D eigenvalue weighted by Gasteiger charge is 2.32. The maximum Gasteiger partial charge on any atom is 0.319 e. The molecule has 2 heterocycles. The number of hydrogen-bond donors (Lipinski definition) is 3. The number of halogens is 2. The zero-order valence-electron chi connectivity index (χ0n) is 17.8. The van der Waals surface area contributed by atoms with Gasteiger partial charge < -0.3 is 20.5 Å². The van der Waals surface area contributed by atoms with Crippen molar-refractivity contribution in [1.29, 1.82) is 0 Å². The molecule has 2 fully saturated rings. The molecule has 0 radical (unpaired) electrons. The minimum absolute atomic E-state index is 0.0759. The Balaban J connectivity index is 1.25. The summed E-state index contributed by atoms with van der Waals surface area (Å²) in [6.07, 6.45) is 8.22. The first-order valence-electron chi connectivity index (χ1n) is 11.2. The number of anilines is 1. The first-order valence-corrected chi connectivity index (χ1v) is 11.2. The van der Waals surface area contributed by atoms with E-state index in [0.717, 1.165) is 30.3 Å². The number of aliphatic hydroxyl groups excluding tert-OH is 1. The minimum atomic E-state index is -0.732. The summed E-state index contributed by atoms with van der Waals surface area (Å²) in [5.41, 5.74) is 0.813. The number of aryl methyl sites for hydroxylation is 1. The van der Waals surface area contributed by atoms with Crippen LogP contribution in [-0.2, 0) is 11.3 Å². The molecule has 2 aromatic rings. The highest BCUT2D eigenvalue weighted by Crippen LogP contribution is 2.32. The van der Waals surface area contributed by atoms with Gasteiger partial charge in [0.1, 0.15) is 17.7 Å². The standard InChI is InChI=1S/C22H29F2N5O3/c23-15-5-7-17(24)19(11-15)26-22(31)25-18-8-6-16(32-21(18)13-30)9-10-29-12-20(27-28-29)14-3-1-2-4-14/h5,7,11-12,14,16,18,21,30H,1-4,6,8-10,13H2,(H2,25,26,31)/t16-,18+,21+/m0/s1. The highest BCUT2D eigenvalue weighted by atomic mass is 19.1. The number of hydrogen-bond acceptors (Lipinski definition) is 5. The number of nitrogens with zero attached hydrogens (tertiary/aromatic N) is 3. The quantitative estimate of drug-likeness (QED) is 0.602. The first-order chi connectivity index (χ1) is 15.5. The predicted molar refractivity (Wildman–Crippen MR) is 113 cm³/mol. The molecule has 1 aromatic heterocycles. The van der Waals surface area contributed by atoms with Crippen molar-refractivity contribution in [2.24, 2.45) is 0 Å². The van der Waals surface area contributed by atoms with Gasteiger partial charge in [-0.1, -0.05) is 18.1 Å². The lowest BCUT2D eigenvalue weighted by atomic mass is 9.97. The summed E-state index contributed by atoms with van der Waals surface area (Å²) in [6.45, 7) is 0.408. The third kappa shape index (κ3) is 5.60. The molecule has 1 aromatic carbocycles. The average Bonchev–Trinajstić information content (AvgIpc) is 3.47. The molecule has 1 aliphatic heterocycles. The first kappa shape index (κ1) is 22.6. The van der Waals surface area contributed by atoms with Gasteiger partial charge in [0.25, 0.3) is 0 Å². The zero-order chi connectivity index (χ0) is 22.5. The Morgan fingerprint density at radius 2 is 2.03 bits per heavy atom. The fourth-order valence-corrected chi connectivity index (χ4v) is 4.54. The summed E-state index contributed by atoms with van der Waals surface area (Å²) in [5, 5.41) is 23.3. The Morgan fingerprint density at radius 3 is 2.81 bits per heavy atom. The summed E-state index contributed by atoms with van der Waals surface area (Å²) in [7, 11) is 0. The smallest absolute Gasteiger partial charge is 0.319 e. The molecular weight excluding hydrogens is 420 g/mol. The molecule has 0 spiro atoms. The number of ether oxygens (including phenoxy) is 1. The SMILES string of the molecule is O=C(Nc1cc(F)ccc1F)N[C@@H]1CC[C@@H](CCn2cc(C3CCCC3)nn2)O[C@@H]1CO. The molecule has 174 valence electrons. The molecule has 4 rings (SSSR count). The second-order valence-corrected chi connectivity index (χ2v) is 8.56. The number of rotatable bonds is 7. The Bertz CT molecular complexity index is 919. The molecule has 3 atom stereocenters. The zero-order valence-corrected chi connectivity index (χ0v) is 17.8. The Morgan fingerprint density at radius 1 is 1.22 bits per heavy atom. The molecular formula is C22H29F2N5O3. The summed E-state index contributed by atoms with van der Waals surface area (Å²) in [6, 6.07) is 1.72. The van der Waals surface area contributed by atoms with Crippen molar-refractivity contribution in [3.63, 3.8) is 0 Å². The fraction of sp³-hybridized carbons (Fsp3) is 0.591. The van der Waals surface area contributed by atoms with Crippen molar-refractivity contribution in [2.75, 3.05) is 11.9 Å². The lowest BCUT2D eigenvalue weighted by molar-refractivity contribution is -0.0905. The van der Waals surface area contributed by atoms with Gasteiger partial charge in [-0.25, -0.2) is 13.6 Å². The van der Waals surface area contributed by atoms with E-state index in [1.54, 1.807) is 0 Å².